The van der Waals surface area contributed by atoms with Crippen molar-refractivity contribution >= 4 is 17.3 Å². The number of Topliss-reactive ketones (excluding diaryl/α,β-unsaturated/α-hetero) is 1. The summed E-state index contributed by atoms with van der Waals surface area (Å²) in [7, 11) is 1.31. The number of nitrogens with zero attached hydrogens (tertiary/aromatic N) is 1. The van der Waals surface area contributed by atoms with Crippen molar-refractivity contribution in [2.75, 3.05) is 7.11 Å². The number of aryl methyl sites for hydroxylation is 1. The van der Waals surface area contributed by atoms with E-state index in [1.54, 1.807) is 6.26 Å². The molecule has 0 saturated heterocycles. The van der Waals surface area contributed by atoms with Gasteiger partial charge in [0.1, 0.15) is 11.7 Å². The Labute approximate surface area is 138 Å². The van der Waals surface area contributed by atoms with Crippen LogP contribution in [0.25, 0.3) is 5.52 Å². The third-order valence-corrected chi connectivity index (χ3v) is 4.89. The number of aromatic nitrogens is 1. The number of esters is 1. The molecule has 4 rings (SSSR count). The third kappa shape index (κ3) is 1.94. The van der Waals surface area contributed by atoms with Crippen LogP contribution in [0.3, 0.4) is 0 Å². The first-order valence-electron chi connectivity index (χ1n) is 7.88. The number of rotatable bonds is 2. The molecule has 3 aromatic heterocycles. The lowest BCUT2D eigenvalue weighted by molar-refractivity contribution is -0.144. The normalized spacial score (nSPS) is 20.2. The summed E-state index contributed by atoms with van der Waals surface area (Å²) in [6, 6.07) is 9.51. The topological polar surface area (TPSA) is 60.9 Å². The lowest BCUT2D eigenvalue weighted by atomic mass is 9.76. The second kappa shape index (κ2) is 5.37. The van der Waals surface area contributed by atoms with Gasteiger partial charge in [-0.25, -0.2) is 0 Å². The Hall–Kier alpha value is -2.82. The number of methoxy groups -OCH3 is 1. The zero-order valence-electron chi connectivity index (χ0n) is 13.5. The van der Waals surface area contributed by atoms with E-state index in [0.29, 0.717) is 12.1 Å². The Morgan fingerprint density at radius 1 is 1.29 bits per heavy atom. The van der Waals surface area contributed by atoms with Crippen molar-refractivity contribution in [3.63, 3.8) is 0 Å². The van der Waals surface area contributed by atoms with Crippen LogP contribution in [0.15, 0.2) is 47.2 Å². The molecule has 0 aromatic carbocycles. The van der Waals surface area contributed by atoms with Crippen LogP contribution in [0.5, 0.6) is 0 Å². The molecule has 0 bridgehead atoms. The van der Waals surface area contributed by atoms with E-state index in [2.05, 4.69) is 0 Å². The summed E-state index contributed by atoms with van der Waals surface area (Å²) in [5, 5.41) is 0. The van der Waals surface area contributed by atoms with Gasteiger partial charge in [-0.05, 0) is 48.7 Å². The van der Waals surface area contributed by atoms with Crippen LogP contribution in [0, 0.1) is 12.8 Å². The first-order chi connectivity index (χ1) is 11.6. The predicted octanol–water partition coefficient (Wildman–Crippen LogP) is 3.35. The Bertz CT molecular complexity index is 936. The van der Waals surface area contributed by atoms with Gasteiger partial charge in [0, 0.05) is 17.6 Å². The molecule has 0 unspecified atom stereocenters. The number of fused-ring (bicyclic) bond motifs is 3. The Kier molecular flexibility index (Phi) is 3.30. The fraction of sp³-hybridized carbons (Fsp3) is 0.263. The van der Waals surface area contributed by atoms with Crippen LogP contribution in [0.1, 0.15) is 39.7 Å². The molecule has 0 fully saturated rings. The monoisotopic (exact) mass is 323 g/mol. The van der Waals surface area contributed by atoms with Gasteiger partial charge in [0.2, 0.25) is 0 Å². The number of hydrogen-bond acceptors (Lipinski definition) is 4. The minimum Gasteiger partial charge on any atom is -0.469 e. The van der Waals surface area contributed by atoms with E-state index < -0.39 is 11.9 Å². The van der Waals surface area contributed by atoms with E-state index in [1.165, 1.54) is 7.11 Å². The van der Waals surface area contributed by atoms with Crippen molar-refractivity contribution in [2.45, 2.75) is 19.3 Å². The van der Waals surface area contributed by atoms with Gasteiger partial charge in [-0.1, -0.05) is 6.07 Å². The highest BCUT2D eigenvalue weighted by Crippen LogP contribution is 2.43. The molecule has 0 aliphatic heterocycles. The molecule has 0 saturated carbocycles. The Morgan fingerprint density at radius 2 is 2.12 bits per heavy atom. The summed E-state index contributed by atoms with van der Waals surface area (Å²) in [6.07, 6.45) is 3.84. The lowest BCUT2D eigenvalue weighted by Crippen LogP contribution is -2.33. The van der Waals surface area contributed by atoms with Crippen molar-refractivity contribution in [1.82, 2.24) is 4.40 Å². The molecule has 0 N–H and O–H groups in total. The van der Waals surface area contributed by atoms with Crippen LogP contribution >= 0.6 is 0 Å². The Morgan fingerprint density at radius 3 is 2.83 bits per heavy atom. The molecular weight excluding hydrogens is 306 g/mol. The van der Waals surface area contributed by atoms with Crippen LogP contribution in [0.2, 0.25) is 0 Å². The first kappa shape index (κ1) is 14.8. The lowest BCUT2D eigenvalue weighted by Gasteiger charge is -2.26. The van der Waals surface area contributed by atoms with Crippen LogP contribution in [0.4, 0.5) is 0 Å². The van der Waals surface area contributed by atoms with Crippen LogP contribution in [-0.4, -0.2) is 23.3 Å². The molecule has 0 spiro atoms. The summed E-state index contributed by atoms with van der Waals surface area (Å²) in [6.45, 7) is 2.01. The summed E-state index contributed by atoms with van der Waals surface area (Å²) in [5.41, 5.74) is 3.52. The summed E-state index contributed by atoms with van der Waals surface area (Å²) in [5.74, 6) is -0.872. The molecule has 2 atom stereocenters. The van der Waals surface area contributed by atoms with Crippen molar-refractivity contribution < 1.29 is 18.7 Å². The number of carbonyl (C=O) groups is 2. The zero-order valence-corrected chi connectivity index (χ0v) is 13.5. The van der Waals surface area contributed by atoms with Crippen molar-refractivity contribution in [3.8, 4) is 0 Å². The van der Waals surface area contributed by atoms with Gasteiger partial charge in [-0.15, -0.1) is 0 Å². The molecule has 0 radical (unpaired) electrons. The summed E-state index contributed by atoms with van der Waals surface area (Å²) >= 11 is 0. The number of furan rings is 1. The van der Waals surface area contributed by atoms with E-state index >= 15 is 0 Å². The van der Waals surface area contributed by atoms with Gasteiger partial charge in [-0.3, -0.25) is 9.59 Å². The maximum absolute atomic E-state index is 13.0. The molecular formula is C19H17NO4. The highest BCUT2D eigenvalue weighted by molar-refractivity contribution is 6.11. The fourth-order valence-corrected chi connectivity index (χ4v) is 3.79. The molecule has 5 heteroatoms. The van der Waals surface area contributed by atoms with E-state index in [4.69, 9.17) is 9.15 Å². The molecule has 3 heterocycles. The molecule has 1 aliphatic rings. The number of ketones is 1. The maximum atomic E-state index is 13.0. The average Bonchev–Trinajstić information content (AvgIpc) is 3.23. The van der Waals surface area contributed by atoms with Crippen LogP contribution in [-0.2, 0) is 9.53 Å². The third-order valence-electron chi connectivity index (χ3n) is 4.89. The Balaban J connectivity index is 2.01. The van der Waals surface area contributed by atoms with Gasteiger partial charge in [0.05, 0.1) is 19.1 Å². The minimum atomic E-state index is -0.810. The minimum absolute atomic E-state index is 0.142. The highest BCUT2D eigenvalue weighted by atomic mass is 16.5. The van der Waals surface area contributed by atoms with Gasteiger partial charge in [0.15, 0.2) is 5.78 Å². The van der Waals surface area contributed by atoms with E-state index in [9.17, 15) is 9.59 Å². The largest absolute Gasteiger partial charge is 0.469 e. The number of hydrogen-bond donors (Lipinski definition) is 0. The molecule has 122 valence electrons. The van der Waals surface area contributed by atoms with Crippen LogP contribution < -0.4 is 0 Å². The number of pyridine rings is 1. The van der Waals surface area contributed by atoms with E-state index in [0.717, 1.165) is 22.4 Å². The quantitative estimate of drug-likeness (QED) is 0.536. The fourth-order valence-electron chi connectivity index (χ4n) is 3.79. The standard InChI is InChI=1S/C19H17NO4/c1-11-14-6-3-4-8-20(14)17-16(11)12(15-7-5-9-24-15)10-13(18(17)21)19(22)23-2/h3-9,12-13H,10H2,1-2H3/t12-,13+/m0/s1. The van der Waals surface area contributed by atoms with E-state index in [-0.39, 0.29) is 11.7 Å². The van der Waals surface area contributed by atoms with Gasteiger partial charge in [-0.2, -0.15) is 0 Å². The summed E-state index contributed by atoms with van der Waals surface area (Å²) < 4.78 is 12.3. The van der Waals surface area contributed by atoms with E-state index in [1.807, 2.05) is 47.9 Å². The second-order valence-corrected chi connectivity index (χ2v) is 6.09. The average molecular weight is 323 g/mol. The second-order valence-electron chi connectivity index (χ2n) is 6.09. The molecule has 24 heavy (non-hydrogen) atoms. The highest BCUT2D eigenvalue weighted by Gasteiger charge is 2.43. The van der Waals surface area contributed by atoms with Crippen molar-refractivity contribution in [3.05, 3.63) is 65.4 Å². The summed E-state index contributed by atoms with van der Waals surface area (Å²) in [4.78, 5) is 25.2. The zero-order chi connectivity index (χ0) is 16.8. The maximum Gasteiger partial charge on any atom is 0.316 e. The van der Waals surface area contributed by atoms with Gasteiger partial charge < -0.3 is 13.6 Å². The molecule has 0 amide bonds. The molecule has 5 nitrogen and oxygen atoms in total. The van der Waals surface area contributed by atoms with Crippen molar-refractivity contribution in [2.24, 2.45) is 5.92 Å². The SMILES string of the molecule is COC(=O)[C@@H]1C[C@@H](c2ccco2)c2c(C)c3ccccn3c2C1=O. The van der Waals surface area contributed by atoms with Crippen molar-refractivity contribution in [1.29, 1.82) is 0 Å². The molecule has 3 aromatic rings. The van der Waals surface area contributed by atoms with Gasteiger partial charge >= 0.3 is 5.97 Å². The first-order valence-corrected chi connectivity index (χ1v) is 7.88. The predicted molar refractivity (Wildman–Crippen MR) is 87.1 cm³/mol. The smallest absolute Gasteiger partial charge is 0.316 e. The number of carbonyl (C=O) groups excluding carboxylic acids is 2. The van der Waals surface area contributed by atoms with Gasteiger partial charge in [0.25, 0.3) is 0 Å². The number of ether oxygens (including phenoxy) is 1. The molecule has 1 aliphatic carbocycles.